The molecule has 1 aromatic carbocycles. The first-order chi connectivity index (χ1) is 14.5. The zero-order chi connectivity index (χ0) is 21.1. The van der Waals surface area contributed by atoms with Crippen LogP contribution in [0.3, 0.4) is 0 Å². The lowest BCUT2D eigenvalue weighted by atomic mass is 9.85. The Balaban J connectivity index is 1.22. The summed E-state index contributed by atoms with van der Waals surface area (Å²) >= 11 is 0. The maximum atomic E-state index is 12.5. The highest BCUT2D eigenvalue weighted by Crippen LogP contribution is 2.34. The van der Waals surface area contributed by atoms with Gasteiger partial charge in [0.1, 0.15) is 0 Å². The van der Waals surface area contributed by atoms with Crippen molar-refractivity contribution in [3.05, 3.63) is 42.0 Å². The van der Waals surface area contributed by atoms with Crippen molar-refractivity contribution < 1.29 is 14.4 Å². The van der Waals surface area contributed by atoms with E-state index in [2.05, 4.69) is 34.3 Å². The number of nitrogens with one attached hydrogen (secondary N) is 1. The predicted octanol–water partition coefficient (Wildman–Crippen LogP) is 1.40. The molecule has 0 saturated carbocycles. The molecule has 7 nitrogen and oxygen atoms in total. The first kappa shape index (κ1) is 20.6. The third kappa shape index (κ3) is 4.41. The lowest BCUT2D eigenvalue weighted by molar-refractivity contribution is -0.140. The van der Waals surface area contributed by atoms with E-state index in [0.717, 1.165) is 31.7 Å². The monoisotopic (exact) mass is 410 g/mol. The highest BCUT2D eigenvalue weighted by molar-refractivity contribution is 6.05. The number of imide groups is 1. The van der Waals surface area contributed by atoms with Crippen LogP contribution in [-0.4, -0.2) is 67.3 Å². The minimum atomic E-state index is -0.232. The third-order valence-electron chi connectivity index (χ3n) is 6.46. The Hall–Kier alpha value is -2.67. The highest BCUT2D eigenvalue weighted by Gasteiger charge is 2.46. The molecule has 7 heteroatoms. The van der Waals surface area contributed by atoms with Gasteiger partial charge in [0, 0.05) is 51.4 Å². The number of carbonyl (C=O) groups is 3. The van der Waals surface area contributed by atoms with E-state index in [4.69, 9.17) is 0 Å². The van der Waals surface area contributed by atoms with E-state index in [9.17, 15) is 14.4 Å². The molecule has 2 heterocycles. The number of benzene rings is 1. The third-order valence-corrected chi connectivity index (χ3v) is 6.46. The van der Waals surface area contributed by atoms with Crippen molar-refractivity contribution in [2.75, 3.05) is 44.7 Å². The molecule has 3 aliphatic rings. The van der Waals surface area contributed by atoms with Gasteiger partial charge in [0.2, 0.25) is 17.7 Å². The summed E-state index contributed by atoms with van der Waals surface area (Å²) in [5.41, 5.74) is 2.24. The fourth-order valence-electron chi connectivity index (χ4n) is 4.48. The summed E-state index contributed by atoms with van der Waals surface area (Å²) in [5.74, 6) is -0.858. The number of likely N-dealkylation sites (N-methyl/N-ethyl adjacent to an activating group) is 1. The van der Waals surface area contributed by atoms with Gasteiger partial charge in [0.05, 0.1) is 11.8 Å². The highest BCUT2D eigenvalue weighted by atomic mass is 16.2. The van der Waals surface area contributed by atoms with Gasteiger partial charge in [0.25, 0.3) is 0 Å². The molecule has 1 N–H and O–H groups in total. The van der Waals surface area contributed by atoms with Crippen LogP contribution in [0.2, 0.25) is 0 Å². The summed E-state index contributed by atoms with van der Waals surface area (Å²) in [6, 6.07) is 8.28. The normalized spacial score (nSPS) is 24.3. The second kappa shape index (κ2) is 9.00. The van der Waals surface area contributed by atoms with Crippen molar-refractivity contribution in [1.29, 1.82) is 0 Å². The Kier molecular flexibility index (Phi) is 6.18. The molecule has 1 aromatic rings. The number of nitrogens with zero attached hydrogens (tertiary/aromatic N) is 3. The van der Waals surface area contributed by atoms with Crippen LogP contribution >= 0.6 is 0 Å². The Bertz CT molecular complexity index is 801. The number of amides is 3. The predicted molar refractivity (Wildman–Crippen MR) is 115 cm³/mol. The molecule has 2 atom stereocenters. The zero-order valence-corrected chi connectivity index (χ0v) is 17.5. The minimum absolute atomic E-state index is 0.123. The molecule has 1 aliphatic carbocycles. The first-order valence-corrected chi connectivity index (χ1v) is 10.8. The number of allylic oxidation sites excluding steroid dienone is 2. The Labute approximate surface area is 177 Å². The number of carbonyl (C=O) groups excluding carboxylic acids is 3. The number of anilines is 1. The lowest BCUT2D eigenvalue weighted by Crippen LogP contribution is -2.44. The smallest absolute Gasteiger partial charge is 0.233 e. The van der Waals surface area contributed by atoms with E-state index in [-0.39, 0.29) is 42.5 Å². The van der Waals surface area contributed by atoms with Crippen LogP contribution in [-0.2, 0) is 20.9 Å². The molecule has 0 radical (unpaired) electrons. The molecule has 2 aliphatic heterocycles. The van der Waals surface area contributed by atoms with Gasteiger partial charge >= 0.3 is 0 Å². The second-order valence-electron chi connectivity index (χ2n) is 8.47. The summed E-state index contributed by atoms with van der Waals surface area (Å²) in [7, 11) is 2.14. The van der Waals surface area contributed by atoms with Gasteiger partial charge in [-0.25, -0.2) is 0 Å². The number of likely N-dealkylation sites (tertiary alicyclic amines) is 1. The summed E-state index contributed by atoms with van der Waals surface area (Å²) < 4.78 is 0. The minimum Gasteiger partial charge on any atom is -0.369 e. The molecule has 3 amide bonds. The number of rotatable bonds is 6. The van der Waals surface area contributed by atoms with E-state index in [1.54, 1.807) is 0 Å². The average Bonchev–Trinajstić information content (AvgIpc) is 3.02. The molecule has 0 bridgehead atoms. The topological polar surface area (TPSA) is 73.0 Å². The second-order valence-corrected chi connectivity index (χ2v) is 8.47. The maximum Gasteiger partial charge on any atom is 0.233 e. The molecule has 30 heavy (non-hydrogen) atoms. The molecular weight excluding hydrogens is 380 g/mol. The van der Waals surface area contributed by atoms with Gasteiger partial charge in [0.15, 0.2) is 0 Å². The number of hydrogen-bond donors (Lipinski definition) is 1. The molecular formula is C23H30N4O3. The standard InChI is InChI=1S/C23H30N4O3/c1-25-12-14-26(15-13-25)18-8-6-17(7-9-18)16-24-21(28)10-11-27-22(29)19-4-2-3-5-20(19)23(27)30/h2-3,6-9,19-20H,4-5,10-16H2,1H3,(H,24,28)/t19-,20+. The molecule has 0 aromatic heterocycles. The van der Waals surface area contributed by atoms with E-state index >= 15 is 0 Å². The molecule has 160 valence electrons. The average molecular weight is 411 g/mol. The SMILES string of the molecule is CN1CCN(c2ccc(CNC(=O)CCN3C(=O)[C@H]4CC=CC[C@H]4C3=O)cc2)CC1. The Morgan fingerprint density at radius 2 is 1.57 bits per heavy atom. The van der Waals surface area contributed by atoms with Crippen LogP contribution in [0.25, 0.3) is 0 Å². The van der Waals surface area contributed by atoms with Crippen LogP contribution in [0.15, 0.2) is 36.4 Å². The van der Waals surface area contributed by atoms with Crippen LogP contribution in [0, 0.1) is 11.8 Å². The molecule has 4 rings (SSSR count). The van der Waals surface area contributed by atoms with Gasteiger partial charge in [-0.1, -0.05) is 24.3 Å². The van der Waals surface area contributed by atoms with Gasteiger partial charge < -0.3 is 15.1 Å². The van der Waals surface area contributed by atoms with Crippen molar-refractivity contribution >= 4 is 23.4 Å². The lowest BCUT2D eigenvalue weighted by Gasteiger charge is -2.34. The van der Waals surface area contributed by atoms with Crippen LogP contribution in [0.4, 0.5) is 5.69 Å². The van der Waals surface area contributed by atoms with Crippen LogP contribution in [0.5, 0.6) is 0 Å². The maximum absolute atomic E-state index is 12.5. The van der Waals surface area contributed by atoms with Gasteiger partial charge in [-0.2, -0.15) is 0 Å². The summed E-state index contributed by atoms with van der Waals surface area (Å²) in [5, 5.41) is 2.90. The van der Waals surface area contributed by atoms with E-state index in [0.29, 0.717) is 19.4 Å². The van der Waals surface area contributed by atoms with Crippen LogP contribution in [0.1, 0.15) is 24.8 Å². The fraction of sp³-hybridized carbons (Fsp3) is 0.522. The number of piperazine rings is 1. The van der Waals surface area contributed by atoms with Crippen molar-refractivity contribution in [3.8, 4) is 0 Å². The van der Waals surface area contributed by atoms with E-state index in [1.165, 1.54) is 10.6 Å². The molecule has 2 fully saturated rings. The van der Waals surface area contributed by atoms with Gasteiger partial charge in [-0.15, -0.1) is 0 Å². The summed E-state index contributed by atoms with van der Waals surface area (Å²) in [6.45, 7) is 4.80. The van der Waals surface area contributed by atoms with Crippen LogP contribution < -0.4 is 10.2 Å². The Morgan fingerprint density at radius 1 is 0.967 bits per heavy atom. The largest absolute Gasteiger partial charge is 0.369 e. The van der Waals surface area contributed by atoms with Gasteiger partial charge in [-0.3, -0.25) is 19.3 Å². The summed E-state index contributed by atoms with van der Waals surface area (Å²) in [4.78, 5) is 43.2. The van der Waals surface area contributed by atoms with Crippen molar-refractivity contribution in [1.82, 2.24) is 15.1 Å². The van der Waals surface area contributed by atoms with Crippen molar-refractivity contribution in [2.45, 2.75) is 25.8 Å². The van der Waals surface area contributed by atoms with E-state index < -0.39 is 0 Å². The molecule has 0 unspecified atom stereocenters. The van der Waals surface area contributed by atoms with Crippen molar-refractivity contribution in [2.24, 2.45) is 11.8 Å². The van der Waals surface area contributed by atoms with Crippen molar-refractivity contribution in [3.63, 3.8) is 0 Å². The Morgan fingerprint density at radius 3 is 2.17 bits per heavy atom. The number of fused-ring (bicyclic) bond motifs is 1. The molecule has 2 saturated heterocycles. The molecule has 0 spiro atoms. The van der Waals surface area contributed by atoms with Gasteiger partial charge in [-0.05, 0) is 37.6 Å². The first-order valence-electron chi connectivity index (χ1n) is 10.8. The quantitative estimate of drug-likeness (QED) is 0.567. The van der Waals surface area contributed by atoms with E-state index in [1.807, 2.05) is 24.3 Å². The number of hydrogen-bond acceptors (Lipinski definition) is 5. The zero-order valence-electron chi connectivity index (χ0n) is 17.5. The fourth-order valence-corrected chi connectivity index (χ4v) is 4.48. The summed E-state index contributed by atoms with van der Waals surface area (Å²) in [6.07, 6.45) is 5.34.